The van der Waals surface area contributed by atoms with Gasteiger partial charge in [0, 0.05) is 18.4 Å². The molecule has 0 unspecified atom stereocenters. The second kappa shape index (κ2) is 6.07. The minimum Gasteiger partial charge on any atom is -0.481 e. The molecule has 3 rings (SSSR count). The number of carboxylic acid groups (broad SMARTS) is 1. The Morgan fingerprint density at radius 3 is 2.91 bits per heavy atom. The highest BCUT2D eigenvalue weighted by Gasteiger charge is 2.11. The number of nitrogens with one attached hydrogen (secondary N) is 1. The largest absolute Gasteiger partial charge is 0.481 e. The van der Waals surface area contributed by atoms with Crippen LogP contribution in [-0.2, 0) is 11.3 Å². The van der Waals surface area contributed by atoms with E-state index in [-0.39, 0.29) is 6.42 Å². The molecule has 7 heteroatoms. The fourth-order valence-corrected chi connectivity index (χ4v) is 2.52. The van der Waals surface area contributed by atoms with Crippen molar-refractivity contribution in [3.63, 3.8) is 0 Å². The van der Waals surface area contributed by atoms with Crippen LogP contribution in [0.3, 0.4) is 0 Å². The fraction of sp³-hybridized carbons (Fsp3) is 0.200. The summed E-state index contributed by atoms with van der Waals surface area (Å²) in [6.07, 6.45) is 0.585. The number of nitrogens with zero attached hydrogens (tertiary/aromatic N) is 3. The summed E-state index contributed by atoms with van der Waals surface area (Å²) in [7, 11) is 0. The molecule has 112 valence electrons. The van der Waals surface area contributed by atoms with Gasteiger partial charge >= 0.3 is 5.97 Å². The van der Waals surface area contributed by atoms with Gasteiger partial charge < -0.3 is 5.11 Å². The van der Waals surface area contributed by atoms with E-state index in [1.807, 2.05) is 36.4 Å². The number of hydrogen-bond acceptors (Lipinski definition) is 4. The number of para-hydroxylation sites is 1. The van der Waals surface area contributed by atoms with E-state index in [2.05, 4.69) is 15.2 Å². The number of benzene rings is 1. The number of fused-ring (bicyclic) bond motifs is 1. The van der Waals surface area contributed by atoms with E-state index in [1.165, 1.54) is 0 Å². The molecule has 0 radical (unpaired) electrons. The zero-order valence-electron chi connectivity index (χ0n) is 11.7. The molecule has 3 aromatic rings. The molecule has 0 amide bonds. The minimum atomic E-state index is -0.819. The SMILES string of the molecule is O=C(O)CCCn1c(-c2ccc3ccccc3n2)n[nH]c1=S. The summed E-state index contributed by atoms with van der Waals surface area (Å²) in [5.74, 6) is -0.193. The first kappa shape index (κ1) is 14.4. The van der Waals surface area contributed by atoms with Crippen molar-refractivity contribution >= 4 is 29.1 Å². The van der Waals surface area contributed by atoms with Crippen LogP contribution in [0.5, 0.6) is 0 Å². The van der Waals surface area contributed by atoms with Crippen LogP contribution in [0.2, 0.25) is 0 Å². The predicted molar refractivity (Wildman–Crippen MR) is 85.0 cm³/mol. The maximum Gasteiger partial charge on any atom is 0.303 e. The first-order valence-corrected chi connectivity index (χ1v) is 7.29. The Labute approximate surface area is 131 Å². The van der Waals surface area contributed by atoms with Gasteiger partial charge in [-0.05, 0) is 30.8 Å². The lowest BCUT2D eigenvalue weighted by molar-refractivity contribution is -0.137. The summed E-state index contributed by atoms with van der Waals surface area (Å²) < 4.78 is 2.25. The van der Waals surface area contributed by atoms with Gasteiger partial charge in [0.25, 0.3) is 0 Å². The summed E-state index contributed by atoms with van der Waals surface area (Å²) in [5, 5.41) is 16.8. The smallest absolute Gasteiger partial charge is 0.303 e. The van der Waals surface area contributed by atoms with E-state index in [4.69, 9.17) is 17.3 Å². The summed E-state index contributed by atoms with van der Waals surface area (Å²) >= 11 is 5.22. The number of carboxylic acids is 1. The van der Waals surface area contributed by atoms with Crippen molar-refractivity contribution in [3.05, 3.63) is 41.2 Å². The fourth-order valence-electron chi connectivity index (χ4n) is 2.30. The second-order valence-electron chi connectivity index (χ2n) is 4.89. The van der Waals surface area contributed by atoms with Crippen molar-refractivity contribution in [2.24, 2.45) is 0 Å². The average molecular weight is 314 g/mol. The van der Waals surface area contributed by atoms with Crippen molar-refractivity contribution in [2.45, 2.75) is 19.4 Å². The van der Waals surface area contributed by atoms with Gasteiger partial charge in [-0.1, -0.05) is 24.3 Å². The molecule has 2 heterocycles. The molecular weight excluding hydrogens is 300 g/mol. The molecule has 0 aliphatic heterocycles. The number of rotatable bonds is 5. The zero-order valence-corrected chi connectivity index (χ0v) is 12.5. The molecule has 0 bridgehead atoms. The van der Waals surface area contributed by atoms with Gasteiger partial charge in [-0.3, -0.25) is 14.5 Å². The Morgan fingerprint density at radius 1 is 1.27 bits per heavy atom. The molecule has 2 N–H and O–H groups in total. The summed E-state index contributed by atoms with van der Waals surface area (Å²) in [6, 6.07) is 11.7. The number of aromatic nitrogens is 4. The Balaban J connectivity index is 1.96. The number of aromatic amines is 1. The lowest BCUT2D eigenvalue weighted by atomic mass is 10.2. The molecule has 0 spiro atoms. The van der Waals surface area contributed by atoms with Crippen LogP contribution in [0.15, 0.2) is 36.4 Å². The molecule has 0 saturated heterocycles. The van der Waals surface area contributed by atoms with Crippen LogP contribution in [-0.4, -0.2) is 30.8 Å². The predicted octanol–water partition coefficient (Wildman–Crippen LogP) is 3.02. The van der Waals surface area contributed by atoms with Gasteiger partial charge in [0.15, 0.2) is 10.6 Å². The summed E-state index contributed by atoms with van der Waals surface area (Å²) in [4.78, 5) is 15.2. The molecule has 0 aliphatic carbocycles. The highest BCUT2D eigenvalue weighted by Crippen LogP contribution is 2.20. The molecular formula is C15H14N4O2S. The van der Waals surface area contributed by atoms with Crippen LogP contribution in [0.4, 0.5) is 0 Å². The lowest BCUT2D eigenvalue weighted by Crippen LogP contribution is -2.04. The highest BCUT2D eigenvalue weighted by atomic mass is 32.1. The Bertz CT molecular complexity index is 884. The number of aliphatic carboxylic acids is 1. The molecule has 1 aromatic carbocycles. The molecule has 0 saturated carbocycles. The molecule has 0 fully saturated rings. The number of H-pyrrole nitrogens is 1. The monoisotopic (exact) mass is 314 g/mol. The summed E-state index contributed by atoms with van der Waals surface area (Å²) in [5.41, 5.74) is 1.59. The van der Waals surface area contributed by atoms with E-state index in [9.17, 15) is 4.79 Å². The topological polar surface area (TPSA) is 83.8 Å². The van der Waals surface area contributed by atoms with Gasteiger partial charge in [-0.2, -0.15) is 5.10 Å². The number of hydrogen-bond donors (Lipinski definition) is 2. The number of carbonyl (C=O) groups is 1. The normalized spacial score (nSPS) is 10.9. The van der Waals surface area contributed by atoms with E-state index < -0.39 is 5.97 Å². The number of pyridine rings is 1. The Kier molecular flexibility index (Phi) is 3.97. The van der Waals surface area contributed by atoms with E-state index in [1.54, 1.807) is 4.57 Å². The van der Waals surface area contributed by atoms with Crippen LogP contribution in [0.25, 0.3) is 22.4 Å². The highest BCUT2D eigenvalue weighted by molar-refractivity contribution is 7.71. The zero-order chi connectivity index (χ0) is 15.5. The molecule has 22 heavy (non-hydrogen) atoms. The third-order valence-electron chi connectivity index (χ3n) is 3.36. The van der Waals surface area contributed by atoms with Gasteiger partial charge in [-0.25, -0.2) is 4.98 Å². The van der Waals surface area contributed by atoms with Crippen molar-refractivity contribution in [1.82, 2.24) is 19.7 Å². The molecule has 2 aromatic heterocycles. The molecule has 0 aliphatic rings. The van der Waals surface area contributed by atoms with Crippen molar-refractivity contribution in [2.75, 3.05) is 0 Å². The van der Waals surface area contributed by atoms with Gasteiger partial charge in [0.2, 0.25) is 0 Å². The van der Waals surface area contributed by atoms with Crippen molar-refractivity contribution in [1.29, 1.82) is 0 Å². The van der Waals surface area contributed by atoms with Gasteiger partial charge in [0.1, 0.15) is 5.69 Å². The van der Waals surface area contributed by atoms with Gasteiger partial charge in [0.05, 0.1) is 5.52 Å². The van der Waals surface area contributed by atoms with Crippen LogP contribution >= 0.6 is 12.2 Å². The lowest BCUT2D eigenvalue weighted by Gasteiger charge is -2.06. The Hall–Kier alpha value is -2.54. The van der Waals surface area contributed by atoms with Crippen molar-refractivity contribution in [3.8, 4) is 11.5 Å². The van der Waals surface area contributed by atoms with Crippen LogP contribution in [0.1, 0.15) is 12.8 Å². The van der Waals surface area contributed by atoms with Gasteiger partial charge in [-0.15, -0.1) is 0 Å². The Morgan fingerprint density at radius 2 is 2.09 bits per heavy atom. The first-order chi connectivity index (χ1) is 10.6. The van der Waals surface area contributed by atoms with E-state index in [0.717, 1.165) is 10.9 Å². The maximum absolute atomic E-state index is 10.6. The molecule has 0 atom stereocenters. The quantitative estimate of drug-likeness (QED) is 0.707. The first-order valence-electron chi connectivity index (χ1n) is 6.88. The second-order valence-corrected chi connectivity index (χ2v) is 5.28. The van der Waals surface area contributed by atoms with Crippen molar-refractivity contribution < 1.29 is 9.90 Å². The third-order valence-corrected chi connectivity index (χ3v) is 3.67. The van der Waals surface area contributed by atoms with Crippen LogP contribution < -0.4 is 0 Å². The average Bonchev–Trinajstić information content (AvgIpc) is 2.88. The minimum absolute atomic E-state index is 0.0948. The van der Waals surface area contributed by atoms with Crippen LogP contribution in [0, 0.1) is 4.77 Å². The molecule has 6 nitrogen and oxygen atoms in total. The van der Waals surface area contributed by atoms with E-state index >= 15 is 0 Å². The third kappa shape index (κ3) is 2.89. The standard InChI is InChI=1S/C15H14N4O2S/c20-13(21)6-3-9-19-14(17-18-15(19)22)12-8-7-10-4-1-2-5-11(10)16-12/h1-2,4-5,7-8H,3,6,9H2,(H,18,22)(H,20,21). The van der Waals surface area contributed by atoms with E-state index in [0.29, 0.717) is 29.3 Å². The summed E-state index contributed by atoms with van der Waals surface area (Å²) in [6.45, 7) is 0.492. The maximum atomic E-state index is 10.6.